The highest BCUT2D eigenvalue weighted by molar-refractivity contribution is 6.04. The van der Waals surface area contributed by atoms with Crippen LogP contribution in [-0.2, 0) is 9.53 Å². The number of morpholine rings is 1. The Bertz CT molecular complexity index is 918. The highest BCUT2D eigenvalue weighted by atomic mass is 19.3. The molecule has 0 bridgehead atoms. The first-order valence-electron chi connectivity index (χ1n) is 9.37. The van der Waals surface area contributed by atoms with Crippen LogP contribution in [0.1, 0.15) is 5.56 Å². The molecule has 0 spiro atoms. The average Bonchev–Trinajstić information content (AvgIpc) is 2.73. The van der Waals surface area contributed by atoms with Crippen LogP contribution in [0.3, 0.4) is 0 Å². The predicted octanol–water partition coefficient (Wildman–Crippen LogP) is 4.38. The Labute approximate surface area is 176 Å². The first kappa shape index (κ1) is 22.4. The highest BCUT2D eigenvalue weighted by Gasteiger charge is 2.16. The number of nitrogens with zero attached hydrogens (tertiary/aromatic N) is 1. The smallest absolute Gasteiger partial charge is 0.387 e. The van der Waals surface area contributed by atoms with Crippen molar-refractivity contribution in [3.63, 3.8) is 0 Å². The number of halogens is 4. The molecule has 0 unspecified atom stereocenters. The van der Waals surface area contributed by atoms with Gasteiger partial charge in [-0.3, -0.25) is 4.79 Å². The number of nitrogens with one attached hydrogen (secondary N) is 1. The van der Waals surface area contributed by atoms with Gasteiger partial charge in [-0.05, 0) is 30.3 Å². The molecular formula is C21H20F4N2O4. The lowest BCUT2D eigenvalue weighted by Gasteiger charge is -2.30. The lowest BCUT2D eigenvalue weighted by Crippen LogP contribution is -2.36. The molecule has 1 heterocycles. The van der Waals surface area contributed by atoms with Crippen LogP contribution in [-0.4, -0.2) is 45.4 Å². The summed E-state index contributed by atoms with van der Waals surface area (Å²) in [6, 6.07) is 10.6. The van der Waals surface area contributed by atoms with E-state index in [9.17, 15) is 22.4 Å². The van der Waals surface area contributed by atoms with E-state index in [0.717, 1.165) is 23.9 Å². The summed E-state index contributed by atoms with van der Waals surface area (Å²) < 4.78 is 63.9. The zero-order valence-electron chi connectivity index (χ0n) is 16.3. The fraction of sp³-hybridized carbons (Fsp3) is 0.286. The SMILES string of the molecule is O=C(/C=C/c1ccc(OC(F)F)cc1OC(F)F)Nc1ccccc1N1CCOCC1. The molecule has 1 aliphatic rings. The van der Waals surface area contributed by atoms with Crippen LogP contribution >= 0.6 is 0 Å². The number of alkyl halides is 4. The summed E-state index contributed by atoms with van der Waals surface area (Å²) in [6.45, 7) is -3.75. The minimum Gasteiger partial charge on any atom is -0.435 e. The van der Waals surface area contributed by atoms with Gasteiger partial charge in [0.15, 0.2) is 0 Å². The monoisotopic (exact) mass is 440 g/mol. The Kier molecular flexibility index (Phi) is 7.71. The lowest BCUT2D eigenvalue weighted by molar-refractivity contribution is -0.111. The van der Waals surface area contributed by atoms with Crippen LogP contribution in [0.4, 0.5) is 28.9 Å². The molecule has 0 atom stereocenters. The van der Waals surface area contributed by atoms with Crippen molar-refractivity contribution in [1.82, 2.24) is 0 Å². The maximum Gasteiger partial charge on any atom is 0.387 e. The molecule has 0 saturated carbocycles. The Morgan fingerprint density at radius 2 is 1.74 bits per heavy atom. The van der Waals surface area contributed by atoms with Crippen molar-refractivity contribution in [3.8, 4) is 11.5 Å². The fourth-order valence-corrected chi connectivity index (χ4v) is 3.03. The number of hydrogen-bond acceptors (Lipinski definition) is 5. The van der Waals surface area contributed by atoms with Crippen LogP contribution < -0.4 is 19.7 Å². The summed E-state index contributed by atoms with van der Waals surface area (Å²) in [4.78, 5) is 14.5. The van der Waals surface area contributed by atoms with E-state index in [1.165, 1.54) is 12.1 Å². The number of carbonyl (C=O) groups excluding carboxylic acids is 1. The van der Waals surface area contributed by atoms with Crippen molar-refractivity contribution in [2.75, 3.05) is 36.5 Å². The number of ether oxygens (including phenoxy) is 3. The molecular weight excluding hydrogens is 420 g/mol. The summed E-state index contributed by atoms with van der Waals surface area (Å²) >= 11 is 0. The second-order valence-corrected chi connectivity index (χ2v) is 6.40. The third-order valence-electron chi connectivity index (χ3n) is 4.35. The van der Waals surface area contributed by atoms with Crippen LogP contribution in [0.15, 0.2) is 48.5 Å². The number of rotatable bonds is 8. The van der Waals surface area contributed by atoms with Crippen molar-refractivity contribution in [1.29, 1.82) is 0 Å². The van der Waals surface area contributed by atoms with E-state index in [-0.39, 0.29) is 11.3 Å². The molecule has 0 radical (unpaired) electrons. The van der Waals surface area contributed by atoms with Crippen LogP contribution in [0, 0.1) is 0 Å². The average molecular weight is 440 g/mol. The third kappa shape index (κ3) is 6.61. The van der Waals surface area contributed by atoms with E-state index in [1.54, 1.807) is 12.1 Å². The van der Waals surface area contributed by atoms with Crippen molar-refractivity contribution in [2.45, 2.75) is 13.2 Å². The minimum atomic E-state index is -3.18. The highest BCUT2D eigenvalue weighted by Crippen LogP contribution is 2.29. The quantitative estimate of drug-likeness (QED) is 0.488. The van der Waals surface area contributed by atoms with Gasteiger partial charge in [-0.15, -0.1) is 0 Å². The summed E-state index contributed by atoms with van der Waals surface area (Å²) in [5, 5.41) is 2.75. The molecule has 1 fully saturated rings. The van der Waals surface area contributed by atoms with Gasteiger partial charge in [-0.25, -0.2) is 0 Å². The number of amides is 1. The van der Waals surface area contributed by atoms with E-state index in [1.807, 2.05) is 12.1 Å². The molecule has 2 aromatic rings. The largest absolute Gasteiger partial charge is 0.435 e. The maximum absolute atomic E-state index is 12.7. The van der Waals surface area contributed by atoms with E-state index in [2.05, 4.69) is 19.7 Å². The van der Waals surface area contributed by atoms with Gasteiger partial charge in [0.1, 0.15) is 11.5 Å². The van der Waals surface area contributed by atoms with Gasteiger partial charge in [0.25, 0.3) is 0 Å². The molecule has 31 heavy (non-hydrogen) atoms. The lowest BCUT2D eigenvalue weighted by atomic mass is 10.1. The first-order valence-corrected chi connectivity index (χ1v) is 9.37. The van der Waals surface area contributed by atoms with E-state index in [4.69, 9.17) is 4.74 Å². The molecule has 0 aliphatic carbocycles. The number of hydrogen-bond donors (Lipinski definition) is 1. The van der Waals surface area contributed by atoms with Gasteiger partial charge < -0.3 is 24.4 Å². The molecule has 10 heteroatoms. The van der Waals surface area contributed by atoms with Crippen molar-refractivity contribution < 1.29 is 36.6 Å². The van der Waals surface area contributed by atoms with Crippen LogP contribution in [0.25, 0.3) is 6.08 Å². The van der Waals surface area contributed by atoms with Crippen molar-refractivity contribution in [3.05, 3.63) is 54.1 Å². The molecule has 0 aromatic heterocycles. The Morgan fingerprint density at radius 1 is 1.03 bits per heavy atom. The van der Waals surface area contributed by atoms with E-state index >= 15 is 0 Å². The van der Waals surface area contributed by atoms with Gasteiger partial charge in [0, 0.05) is 30.8 Å². The fourth-order valence-electron chi connectivity index (χ4n) is 3.03. The van der Waals surface area contributed by atoms with Gasteiger partial charge in [-0.2, -0.15) is 17.6 Å². The summed E-state index contributed by atoms with van der Waals surface area (Å²) in [6.07, 6.45) is 2.38. The second-order valence-electron chi connectivity index (χ2n) is 6.40. The van der Waals surface area contributed by atoms with Crippen molar-refractivity contribution >= 4 is 23.4 Å². The molecule has 1 aliphatic heterocycles. The predicted molar refractivity (Wildman–Crippen MR) is 107 cm³/mol. The van der Waals surface area contributed by atoms with E-state index < -0.39 is 24.9 Å². The Morgan fingerprint density at radius 3 is 2.45 bits per heavy atom. The molecule has 2 aromatic carbocycles. The maximum atomic E-state index is 12.7. The normalized spacial score (nSPS) is 14.3. The molecule has 6 nitrogen and oxygen atoms in total. The zero-order valence-corrected chi connectivity index (χ0v) is 16.3. The molecule has 1 saturated heterocycles. The molecule has 166 valence electrons. The Balaban J connectivity index is 1.74. The number of para-hydroxylation sites is 2. The number of anilines is 2. The van der Waals surface area contributed by atoms with Gasteiger partial charge in [0.05, 0.1) is 24.6 Å². The van der Waals surface area contributed by atoms with E-state index in [0.29, 0.717) is 32.0 Å². The van der Waals surface area contributed by atoms with Crippen molar-refractivity contribution in [2.24, 2.45) is 0 Å². The van der Waals surface area contributed by atoms with Crippen LogP contribution in [0.5, 0.6) is 11.5 Å². The van der Waals surface area contributed by atoms with Gasteiger partial charge in [0.2, 0.25) is 5.91 Å². The summed E-state index contributed by atoms with van der Waals surface area (Å²) in [7, 11) is 0. The van der Waals surface area contributed by atoms with Crippen LogP contribution in [0.2, 0.25) is 0 Å². The van der Waals surface area contributed by atoms with Gasteiger partial charge >= 0.3 is 13.2 Å². The molecule has 3 rings (SSSR count). The Hall–Kier alpha value is -3.27. The molecule has 1 N–H and O–H groups in total. The first-order chi connectivity index (χ1) is 14.9. The third-order valence-corrected chi connectivity index (χ3v) is 4.35. The topological polar surface area (TPSA) is 60.0 Å². The minimum absolute atomic E-state index is 0.0959. The summed E-state index contributed by atoms with van der Waals surface area (Å²) in [5.74, 6) is -1.24. The number of carbonyl (C=O) groups is 1. The second kappa shape index (κ2) is 10.7. The van der Waals surface area contributed by atoms with Gasteiger partial charge in [-0.1, -0.05) is 12.1 Å². The zero-order chi connectivity index (χ0) is 22.2. The standard InChI is InChI=1S/C21H20F4N2O4/c22-20(23)30-15-7-5-14(18(13-15)31-21(24)25)6-8-19(28)26-16-3-1-2-4-17(16)27-9-11-29-12-10-27/h1-8,13,20-21H,9-12H2,(H,26,28)/b8-6+. The summed E-state index contributed by atoms with van der Waals surface area (Å²) in [5.41, 5.74) is 1.52. The number of benzene rings is 2. The molecule has 1 amide bonds.